The van der Waals surface area contributed by atoms with E-state index in [1.165, 1.54) is 17.4 Å². The maximum absolute atomic E-state index is 12.6. The van der Waals surface area contributed by atoms with Crippen LogP contribution in [0.3, 0.4) is 0 Å². The second kappa shape index (κ2) is 5.96. The van der Waals surface area contributed by atoms with E-state index in [1.807, 2.05) is 24.3 Å². The maximum Gasteiger partial charge on any atom is 0.243 e. The third-order valence-corrected chi connectivity index (χ3v) is 6.29. The van der Waals surface area contributed by atoms with Crippen LogP contribution in [-0.4, -0.2) is 38.0 Å². The molecule has 0 amide bonds. The Bertz CT molecular complexity index is 802. The van der Waals surface area contributed by atoms with E-state index < -0.39 is 22.2 Å². The Kier molecular flexibility index (Phi) is 4.14. The molecule has 2 aromatic carbocycles. The molecular formula is C17H19NO4S. The molecule has 0 unspecified atom stereocenters. The van der Waals surface area contributed by atoms with Gasteiger partial charge in [0.25, 0.3) is 0 Å². The SMILES string of the molecule is COc1ccc(C[C@H]2[C@@H](O)c3ccccc3S(=O)(=O)N2C)cc1. The molecule has 0 aromatic heterocycles. The van der Waals surface area contributed by atoms with Gasteiger partial charge in [-0.2, -0.15) is 4.31 Å². The van der Waals surface area contributed by atoms with Gasteiger partial charge in [0.05, 0.1) is 24.2 Å². The lowest BCUT2D eigenvalue weighted by Gasteiger charge is -2.37. The summed E-state index contributed by atoms with van der Waals surface area (Å²) in [6.45, 7) is 0. The average molecular weight is 333 g/mol. The summed E-state index contributed by atoms with van der Waals surface area (Å²) in [6, 6.07) is 13.5. The number of benzene rings is 2. The summed E-state index contributed by atoms with van der Waals surface area (Å²) in [5, 5.41) is 10.7. The molecule has 2 atom stereocenters. The molecular weight excluding hydrogens is 314 g/mol. The summed E-state index contributed by atoms with van der Waals surface area (Å²) in [5.41, 5.74) is 1.40. The van der Waals surface area contributed by atoms with E-state index in [-0.39, 0.29) is 4.90 Å². The summed E-state index contributed by atoms with van der Waals surface area (Å²) in [5.74, 6) is 0.740. The van der Waals surface area contributed by atoms with Crippen molar-refractivity contribution in [2.75, 3.05) is 14.2 Å². The van der Waals surface area contributed by atoms with Gasteiger partial charge in [0, 0.05) is 12.6 Å². The number of sulfonamides is 1. The molecule has 1 heterocycles. The molecule has 122 valence electrons. The standard InChI is InChI=1S/C17H19NO4S/c1-18-15(11-12-7-9-13(22-2)10-8-12)17(19)14-5-3-4-6-16(14)23(18,20)21/h3-10,15,17,19H,11H2,1-2H3/t15-,17-/m0/s1. The summed E-state index contributed by atoms with van der Waals surface area (Å²) in [4.78, 5) is 0.181. The lowest BCUT2D eigenvalue weighted by atomic mass is 9.96. The number of hydrogen-bond acceptors (Lipinski definition) is 4. The number of likely N-dealkylation sites (N-methyl/N-ethyl adjacent to an activating group) is 1. The van der Waals surface area contributed by atoms with Crippen molar-refractivity contribution >= 4 is 10.0 Å². The molecule has 1 aliphatic rings. The molecule has 3 rings (SSSR count). The van der Waals surface area contributed by atoms with Crippen LogP contribution >= 0.6 is 0 Å². The molecule has 0 spiro atoms. The van der Waals surface area contributed by atoms with Gasteiger partial charge in [0.1, 0.15) is 5.75 Å². The van der Waals surface area contributed by atoms with E-state index in [0.29, 0.717) is 12.0 Å². The molecule has 0 saturated carbocycles. The fraction of sp³-hybridized carbons (Fsp3) is 0.294. The molecule has 0 aliphatic carbocycles. The van der Waals surface area contributed by atoms with Gasteiger partial charge >= 0.3 is 0 Å². The van der Waals surface area contributed by atoms with Crippen molar-refractivity contribution < 1.29 is 18.3 Å². The number of ether oxygens (including phenoxy) is 1. The van der Waals surface area contributed by atoms with Crippen LogP contribution in [0.2, 0.25) is 0 Å². The van der Waals surface area contributed by atoms with Gasteiger partial charge in [-0.15, -0.1) is 0 Å². The van der Waals surface area contributed by atoms with E-state index in [1.54, 1.807) is 25.3 Å². The second-order valence-electron chi connectivity index (χ2n) is 5.62. The monoisotopic (exact) mass is 333 g/mol. The summed E-state index contributed by atoms with van der Waals surface area (Å²) in [7, 11) is -0.476. The average Bonchev–Trinajstić information content (AvgIpc) is 2.58. The third-order valence-electron chi connectivity index (χ3n) is 4.33. The minimum atomic E-state index is -3.59. The van der Waals surface area contributed by atoms with Crippen LogP contribution in [0.15, 0.2) is 53.4 Å². The summed E-state index contributed by atoms with van der Waals surface area (Å²) >= 11 is 0. The highest BCUT2D eigenvalue weighted by Gasteiger charge is 2.41. The van der Waals surface area contributed by atoms with Crippen molar-refractivity contribution in [2.45, 2.75) is 23.5 Å². The zero-order valence-corrected chi connectivity index (χ0v) is 13.8. The van der Waals surface area contributed by atoms with Gasteiger partial charge in [-0.25, -0.2) is 8.42 Å². The number of rotatable bonds is 3. The minimum Gasteiger partial charge on any atom is -0.497 e. The van der Waals surface area contributed by atoms with Crippen molar-refractivity contribution in [3.05, 3.63) is 59.7 Å². The van der Waals surface area contributed by atoms with Gasteiger partial charge < -0.3 is 9.84 Å². The summed E-state index contributed by atoms with van der Waals surface area (Å²) in [6.07, 6.45) is -0.434. The predicted octanol–water partition coefficient (Wildman–Crippen LogP) is 1.97. The second-order valence-corrected chi connectivity index (χ2v) is 7.59. The molecule has 0 radical (unpaired) electrons. The summed E-state index contributed by atoms with van der Waals surface area (Å²) < 4.78 is 31.7. The van der Waals surface area contributed by atoms with Crippen LogP contribution in [0.5, 0.6) is 5.75 Å². The van der Waals surface area contributed by atoms with E-state index in [9.17, 15) is 13.5 Å². The quantitative estimate of drug-likeness (QED) is 0.933. The largest absolute Gasteiger partial charge is 0.497 e. The zero-order chi connectivity index (χ0) is 16.6. The van der Waals surface area contributed by atoms with E-state index in [4.69, 9.17) is 4.74 Å². The number of methoxy groups -OCH3 is 1. The number of hydrogen-bond donors (Lipinski definition) is 1. The highest BCUT2D eigenvalue weighted by molar-refractivity contribution is 7.89. The topological polar surface area (TPSA) is 66.8 Å². The Morgan fingerprint density at radius 3 is 2.43 bits per heavy atom. The van der Waals surface area contributed by atoms with Crippen LogP contribution in [0.25, 0.3) is 0 Å². The van der Waals surface area contributed by atoms with Crippen LogP contribution in [0.4, 0.5) is 0 Å². The molecule has 23 heavy (non-hydrogen) atoms. The van der Waals surface area contributed by atoms with Crippen LogP contribution in [0, 0.1) is 0 Å². The normalized spacial score (nSPS) is 23.3. The molecule has 2 aromatic rings. The van der Waals surface area contributed by atoms with Crippen LogP contribution in [0.1, 0.15) is 17.2 Å². The van der Waals surface area contributed by atoms with Crippen molar-refractivity contribution in [1.82, 2.24) is 4.31 Å². The Morgan fingerprint density at radius 1 is 1.13 bits per heavy atom. The Balaban J connectivity index is 1.96. The van der Waals surface area contributed by atoms with Crippen LogP contribution < -0.4 is 4.74 Å². The van der Waals surface area contributed by atoms with E-state index in [0.717, 1.165) is 11.3 Å². The number of nitrogens with zero attached hydrogens (tertiary/aromatic N) is 1. The molecule has 0 saturated heterocycles. The number of aliphatic hydroxyl groups excluding tert-OH is 1. The highest BCUT2D eigenvalue weighted by atomic mass is 32.2. The lowest BCUT2D eigenvalue weighted by Crippen LogP contribution is -2.46. The zero-order valence-electron chi connectivity index (χ0n) is 13.0. The maximum atomic E-state index is 12.6. The number of fused-ring (bicyclic) bond motifs is 1. The van der Waals surface area contributed by atoms with Crippen molar-refractivity contribution in [2.24, 2.45) is 0 Å². The van der Waals surface area contributed by atoms with Gasteiger partial charge in [0.15, 0.2) is 0 Å². The molecule has 6 heteroatoms. The molecule has 0 bridgehead atoms. The fourth-order valence-corrected chi connectivity index (χ4v) is 4.54. The first-order valence-electron chi connectivity index (χ1n) is 7.33. The first kappa shape index (κ1) is 16.0. The van der Waals surface area contributed by atoms with E-state index >= 15 is 0 Å². The molecule has 1 aliphatic heterocycles. The number of aliphatic hydroxyl groups is 1. The lowest BCUT2D eigenvalue weighted by molar-refractivity contribution is 0.0892. The minimum absolute atomic E-state index is 0.181. The van der Waals surface area contributed by atoms with Crippen molar-refractivity contribution in [3.8, 4) is 5.75 Å². The smallest absolute Gasteiger partial charge is 0.243 e. The Hall–Kier alpha value is -1.89. The third kappa shape index (κ3) is 2.73. The van der Waals surface area contributed by atoms with E-state index in [2.05, 4.69) is 0 Å². The van der Waals surface area contributed by atoms with Crippen LogP contribution in [-0.2, 0) is 16.4 Å². The van der Waals surface area contributed by atoms with Gasteiger partial charge in [-0.1, -0.05) is 30.3 Å². The van der Waals surface area contributed by atoms with Gasteiger partial charge in [0.2, 0.25) is 10.0 Å². The first-order valence-corrected chi connectivity index (χ1v) is 8.77. The fourth-order valence-electron chi connectivity index (χ4n) is 2.94. The molecule has 5 nitrogen and oxygen atoms in total. The Labute approximate surface area is 136 Å². The van der Waals surface area contributed by atoms with Crippen molar-refractivity contribution in [1.29, 1.82) is 0 Å². The molecule has 0 fully saturated rings. The first-order chi connectivity index (χ1) is 10.9. The highest BCUT2D eigenvalue weighted by Crippen LogP contribution is 2.36. The predicted molar refractivity (Wildman–Crippen MR) is 86.8 cm³/mol. The molecule has 1 N–H and O–H groups in total. The van der Waals surface area contributed by atoms with Gasteiger partial charge in [-0.3, -0.25) is 0 Å². The Morgan fingerprint density at radius 2 is 1.78 bits per heavy atom. The van der Waals surface area contributed by atoms with Crippen molar-refractivity contribution in [3.63, 3.8) is 0 Å². The van der Waals surface area contributed by atoms with Gasteiger partial charge in [-0.05, 0) is 30.2 Å².